The number of nitrogens with zero attached hydrogens (tertiary/aromatic N) is 2. The number of amides is 1. The first-order valence-electron chi connectivity index (χ1n) is 5.91. The van der Waals surface area contributed by atoms with E-state index in [-0.39, 0.29) is 30.2 Å². The Morgan fingerprint density at radius 2 is 2.22 bits per heavy atom. The van der Waals surface area contributed by atoms with E-state index in [4.69, 9.17) is 4.74 Å². The van der Waals surface area contributed by atoms with Crippen molar-refractivity contribution in [3.8, 4) is 5.88 Å². The number of carbonyl (C=O) groups excluding carboxylic acids is 1. The molecule has 0 aliphatic rings. The molecule has 1 rings (SSSR count). The predicted octanol–water partition coefficient (Wildman–Crippen LogP) is 0.622. The molecule has 2 atom stereocenters. The van der Waals surface area contributed by atoms with Gasteiger partial charge in [-0.05, 0) is 12.0 Å². The summed E-state index contributed by atoms with van der Waals surface area (Å²) in [6, 6.07) is 2.83. The second-order valence-corrected chi connectivity index (χ2v) is 4.11. The van der Waals surface area contributed by atoms with E-state index >= 15 is 0 Å². The van der Waals surface area contributed by atoms with Crippen LogP contribution in [0.25, 0.3) is 0 Å². The normalized spacial score (nSPS) is 13.8. The maximum absolute atomic E-state index is 11.9. The van der Waals surface area contributed by atoms with Crippen molar-refractivity contribution in [1.29, 1.82) is 0 Å². The van der Waals surface area contributed by atoms with Crippen LogP contribution < -0.4 is 10.1 Å². The Kier molecular flexibility index (Phi) is 5.51. The SMILES string of the molecule is CC[C@@H](C)[C@H](CO)NC(=O)c1ccc(OC)nn1. The summed E-state index contributed by atoms with van der Waals surface area (Å²) in [5, 5.41) is 19.4. The zero-order valence-corrected chi connectivity index (χ0v) is 10.9. The third-order valence-electron chi connectivity index (χ3n) is 2.93. The summed E-state index contributed by atoms with van der Waals surface area (Å²) in [6.07, 6.45) is 0.875. The summed E-state index contributed by atoms with van der Waals surface area (Å²) in [4.78, 5) is 11.9. The van der Waals surface area contributed by atoms with E-state index in [1.807, 2.05) is 13.8 Å². The molecule has 1 aromatic heterocycles. The second-order valence-electron chi connectivity index (χ2n) is 4.11. The number of aliphatic hydroxyl groups is 1. The Bertz CT molecular complexity index is 381. The maximum Gasteiger partial charge on any atom is 0.272 e. The summed E-state index contributed by atoms with van der Waals surface area (Å²) < 4.78 is 4.86. The molecule has 100 valence electrons. The highest BCUT2D eigenvalue weighted by atomic mass is 16.5. The predicted molar refractivity (Wildman–Crippen MR) is 66.4 cm³/mol. The van der Waals surface area contributed by atoms with Crippen molar-refractivity contribution < 1.29 is 14.6 Å². The topological polar surface area (TPSA) is 84.3 Å². The summed E-state index contributed by atoms with van der Waals surface area (Å²) in [7, 11) is 1.48. The van der Waals surface area contributed by atoms with Crippen molar-refractivity contribution >= 4 is 5.91 Å². The Balaban J connectivity index is 2.68. The smallest absolute Gasteiger partial charge is 0.272 e. The van der Waals surface area contributed by atoms with Crippen LogP contribution in [0.4, 0.5) is 0 Å². The van der Waals surface area contributed by atoms with Crippen LogP contribution in [0.3, 0.4) is 0 Å². The molecule has 18 heavy (non-hydrogen) atoms. The van der Waals surface area contributed by atoms with Gasteiger partial charge in [-0.15, -0.1) is 10.2 Å². The highest BCUT2D eigenvalue weighted by Crippen LogP contribution is 2.08. The minimum atomic E-state index is -0.343. The Hall–Kier alpha value is -1.69. The van der Waals surface area contributed by atoms with Crippen LogP contribution in [-0.4, -0.2) is 41.0 Å². The van der Waals surface area contributed by atoms with Crippen LogP contribution >= 0.6 is 0 Å². The number of rotatable bonds is 6. The molecule has 0 radical (unpaired) electrons. The third-order valence-corrected chi connectivity index (χ3v) is 2.93. The molecule has 0 saturated carbocycles. The molecule has 6 nitrogen and oxygen atoms in total. The fourth-order valence-electron chi connectivity index (χ4n) is 1.44. The number of methoxy groups -OCH3 is 1. The number of nitrogens with one attached hydrogen (secondary N) is 1. The van der Waals surface area contributed by atoms with Gasteiger partial charge in [0.15, 0.2) is 5.69 Å². The molecule has 0 fully saturated rings. The molecule has 0 saturated heterocycles. The summed E-state index contributed by atoms with van der Waals surface area (Å²) in [5.74, 6) is 0.210. The molecule has 1 heterocycles. The van der Waals surface area contributed by atoms with Crippen LogP contribution in [0.1, 0.15) is 30.8 Å². The molecule has 0 spiro atoms. The average molecular weight is 253 g/mol. The van der Waals surface area contributed by atoms with Crippen molar-refractivity contribution in [2.45, 2.75) is 26.3 Å². The van der Waals surface area contributed by atoms with E-state index in [0.717, 1.165) is 6.42 Å². The highest BCUT2D eigenvalue weighted by Gasteiger charge is 2.19. The molecule has 0 aliphatic heterocycles. The van der Waals surface area contributed by atoms with Crippen molar-refractivity contribution in [3.63, 3.8) is 0 Å². The quantitative estimate of drug-likeness (QED) is 0.776. The number of hydrogen-bond donors (Lipinski definition) is 2. The molecule has 6 heteroatoms. The van der Waals surface area contributed by atoms with Crippen molar-refractivity contribution in [2.75, 3.05) is 13.7 Å². The molecule has 0 aromatic carbocycles. The Morgan fingerprint density at radius 3 is 2.67 bits per heavy atom. The maximum atomic E-state index is 11.9. The first-order valence-corrected chi connectivity index (χ1v) is 5.91. The largest absolute Gasteiger partial charge is 0.480 e. The van der Waals surface area contributed by atoms with Gasteiger partial charge < -0.3 is 15.2 Å². The van der Waals surface area contributed by atoms with E-state index in [9.17, 15) is 9.90 Å². The van der Waals surface area contributed by atoms with Crippen LogP contribution in [0.2, 0.25) is 0 Å². The molecule has 1 amide bonds. The van der Waals surface area contributed by atoms with Gasteiger partial charge >= 0.3 is 0 Å². The van der Waals surface area contributed by atoms with Gasteiger partial charge in [0.2, 0.25) is 5.88 Å². The van der Waals surface area contributed by atoms with E-state index in [1.54, 1.807) is 6.07 Å². The minimum Gasteiger partial charge on any atom is -0.480 e. The van der Waals surface area contributed by atoms with E-state index < -0.39 is 0 Å². The van der Waals surface area contributed by atoms with E-state index in [2.05, 4.69) is 15.5 Å². The molecular weight excluding hydrogens is 234 g/mol. The van der Waals surface area contributed by atoms with Crippen LogP contribution in [0, 0.1) is 5.92 Å². The van der Waals surface area contributed by atoms with Crippen molar-refractivity contribution in [2.24, 2.45) is 5.92 Å². The lowest BCUT2D eigenvalue weighted by Gasteiger charge is -2.21. The van der Waals surface area contributed by atoms with Gasteiger partial charge in [0.1, 0.15) is 0 Å². The lowest BCUT2D eigenvalue weighted by molar-refractivity contribution is 0.0885. The lowest BCUT2D eigenvalue weighted by atomic mass is 10.00. The van der Waals surface area contributed by atoms with E-state index in [0.29, 0.717) is 5.88 Å². The van der Waals surface area contributed by atoms with Crippen LogP contribution in [0.15, 0.2) is 12.1 Å². The summed E-state index contributed by atoms with van der Waals surface area (Å²) >= 11 is 0. The van der Waals surface area contributed by atoms with Gasteiger partial charge in [0, 0.05) is 6.07 Å². The number of ether oxygens (including phenoxy) is 1. The third kappa shape index (κ3) is 3.66. The minimum absolute atomic E-state index is 0.0929. The summed E-state index contributed by atoms with van der Waals surface area (Å²) in [5.41, 5.74) is 0.206. The zero-order valence-electron chi connectivity index (χ0n) is 10.9. The highest BCUT2D eigenvalue weighted by molar-refractivity contribution is 5.92. The molecular formula is C12H19N3O3. The molecule has 1 aromatic rings. The van der Waals surface area contributed by atoms with Gasteiger partial charge in [0.05, 0.1) is 19.8 Å². The summed E-state index contributed by atoms with van der Waals surface area (Å²) in [6.45, 7) is 3.89. The second kappa shape index (κ2) is 6.90. The van der Waals surface area contributed by atoms with Gasteiger partial charge in [-0.25, -0.2) is 0 Å². The van der Waals surface area contributed by atoms with Gasteiger partial charge in [0.25, 0.3) is 5.91 Å². The van der Waals surface area contributed by atoms with Crippen molar-refractivity contribution in [1.82, 2.24) is 15.5 Å². The van der Waals surface area contributed by atoms with E-state index in [1.165, 1.54) is 13.2 Å². The monoisotopic (exact) mass is 253 g/mol. The number of aliphatic hydroxyl groups excluding tert-OH is 1. The molecule has 0 unspecified atom stereocenters. The zero-order chi connectivity index (χ0) is 13.5. The fourth-order valence-corrected chi connectivity index (χ4v) is 1.44. The first kappa shape index (κ1) is 14.4. The number of aromatic nitrogens is 2. The standard InChI is InChI=1S/C12H19N3O3/c1-4-8(2)10(7-16)13-12(17)9-5-6-11(18-3)15-14-9/h5-6,8,10,16H,4,7H2,1-3H3,(H,13,17)/t8-,10+/m1/s1. The average Bonchev–Trinajstić information content (AvgIpc) is 2.43. The number of carbonyl (C=O) groups is 1. The van der Waals surface area contributed by atoms with Crippen LogP contribution in [0.5, 0.6) is 5.88 Å². The lowest BCUT2D eigenvalue weighted by Crippen LogP contribution is -2.42. The van der Waals surface area contributed by atoms with Crippen molar-refractivity contribution in [3.05, 3.63) is 17.8 Å². The molecule has 0 aliphatic carbocycles. The van der Waals surface area contributed by atoms with Gasteiger partial charge in [-0.1, -0.05) is 20.3 Å². The van der Waals surface area contributed by atoms with Gasteiger partial charge in [-0.3, -0.25) is 4.79 Å². The number of hydrogen-bond acceptors (Lipinski definition) is 5. The van der Waals surface area contributed by atoms with Crippen LogP contribution in [-0.2, 0) is 0 Å². The Morgan fingerprint density at radius 1 is 1.50 bits per heavy atom. The first-order chi connectivity index (χ1) is 8.62. The van der Waals surface area contributed by atoms with Gasteiger partial charge in [-0.2, -0.15) is 0 Å². The molecule has 2 N–H and O–H groups in total. The molecule has 0 bridgehead atoms. The fraction of sp³-hybridized carbons (Fsp3) is 0.583. The Labute approximate surface area is 106 Å².